The highest BCUT2D eigenvalue weighted by molar-refractivity contribution is 9.10. The zero-order valence-electron chi connectivity index (χ0n) is 13.9. The highest BCUT2D eigenvalue weighted by Gasteiger charge is 2.23. The second-order valence-electron chi connectivity index (χ2n) is 6.41. The molecule has 0 radical (unpaired) electrons. The Morgan fingerprint density at radius 2 is 1.72 bits per heavy atom. The molecule has 1 N–H and O–H groups in total. The number of halogens is 1. The largest absolute Gasteiger partial charge is 0.361 e. The maximum absolute atomic E-state index is 12.7. The minimum atomic E-state index is 0.110. The lowest BCUT2D eigenvalue weighted by Gasteiger charge is -2.34. The number of fused-ring (bicyclic) bond motifs is 1. The number of nitrogens with one attached hydrogen (secondary N) is 1. The van der Waals surface area contributed by atoms with E-state index in [9.17, 15) is 4.79 Å². The van der Waals surface area contributed by atoms with Crippen molar-refractivity contribution in [2.24, 2.45) is 0 Å². The summed E-state index contributed by atoms with van der Waals surface area (Å²) >= 11 is 3.48. The SMILES string of the molecule is O=C(c1ccccc1Br)N1CCN(Cc2c[nH]c3ccccc23)CC1. The first-order chi connectivity index (χ1) is 12.2. The van der Waals surface area contributed by atoms with Gasteiger partial charge in [-0.1, -0.05) is 30.3 Å². The molecule has 1 saturated heterocycles. The summed E-state index contributed by atoms with van der Waals surface area (Å²) in [4.78, 5) is 20.4. The summed E-state index contributed by atoms with van der Waals surface area (Å²) in [5, 5.41) is 1.29. The Morgan fingerprint density at radius 1 is 1.00 bits per heavy atom. The van der Waals surface area contributed by atoms with Crippen molar-refractivity contribution in [1.29, 1.82) is 0 Å². The Balaban J connectivity index is 1.40. The zero-order chi connectivity index (χ0) is 17.2. The molecule has 0 aliphatic carbocycles. The van der Waals surface area contributed by atoms with E-state index >= 15 is 0 Å². The van der Waals surface area contributed by atoms with Crippen LogP contribution in [0.25, 0.3) is 10.9 Å². The first-order valence-corrected chi connectivity index (χ1v) is 9.33. The lowest BCUT2D eigenvalue weighted by atomic mass is 10.1. The minimum Gasteiger partial charge on any atom is -0.361 e. The van der Waals surface area contributed by atoms with Crippen LogP contribution in [0.3, 0.4) is 0 Å². The predicted octanol–water partition coefficient (Wildman–Crippen LogP) is 3.89. The molecular formula is C20H20BrN3O. The van der Waals surface area contributed by atoms with Gasteiger partial charge in [-0.15, -0.1) is 0 Å². The number of nitrogens with zero attached hydrogens (tertiary/aromatic N) is 2. The number of aromatic amines is 1. The molecule has 5 heteroatoms. The molecule has 1 aliphatic heterocycles. The first kappa shape index (κ1) is 16.4. The van der Waals surface area contributed by atoms with Crippen molar-refractivity contribution in [3.63, 3.8) is 0 Å². The van der Waals surface area contributed by atoms with Crippen molar-refractivity contribution in [2.75, 3.05) is 26.2 Å². The molecule has 4 nitrogen and oxygen atoms in total. The third-order valence-corrected chi connectivity index (χ3v) is 5.52. The van der Waals surface area contributed by atoms with Gasteiger partial charge in [0.15, 0.2) is 0 Å². The van der Waals surface area contributed by atoms with E-state index in [1.807, 2.05) is 29.2 Å². The Hall–Kier alpha value is -2.11. The summed E-state index contributed by atoms with van der Waals surface area (Å²) in [5.74, 6) is 0.110. The third-order valence-electron chi connectivity index (χ3n) is 4.83. The monoisotopic (exact) mass is 397 g/mol. The summed E-state index contributed by atoms with van der Waals surface area (Å²) in [6.07, 6.45) is 2.10. The Morgan fingerprint density at radius 3 is 2.52 bits per heavy atom. The fraction of sp³-hybridized carbons (Fsp3) is 0.250. The molecular weight excluding hydrogens is 378 g/mol. The smallest absolute Gasteiger partial charge is 0.255 e. The summed E-state index contributed by atoms with van der Waals surface area (Å²) in [6, 6.07) is 16.0. The predicted molar refractivity (Wildman–Crippen MR) is 104 cm³/mol. The van der Waals surface area contributed by atoms with Gasteiger partial charge in [-0.2, -0.15) is 0 Å². The van der Waals surface area contributed by atoms with Gasteiger partial charge < -0.3 is 9.88 Å². The van der Waals surface area contributed by atoms with E-state index in [-0.39, 0.29) is 5.91 Å². The number of carbonyl (C=O) groups excluding carboxylic acids is 1. The van der Waals surface area contributed by atoms with E-state index < -0.39 is 0 Å². The van der Waals surface area contributed by atoms with Crippen LogP contribution in [-0.4, -0.2) is 46.9 Å². The highest BCUT2D eigenvalue weighted by atomic mass is 79.9. The molecule has 1 aromatic heterocycles. The molecule has 1 amide bonds. The molecule has 2 heterocycles. The number of hydrogen-bond acceptors (Lipinski definition) is 2. The topological polar surface area (TPSA) is 39.3 Å². The lowest BCUT2D eigenvalue weighted by Crippen LogP contribution is -2.48. The number of H-pyrrole nitrogens is 1. The van der Waals surface area contributed by atoms with Gasteiger partial charge in [0.25, 0.3) is 5.91 Å². The Bertz CT molecular complexity index is 897. The van der Waals surface area contributed by atoms with E-state index in [1.165, 1.54) is 16.5 Å². The summed E-state index contributed by atoms with van der Waals surface area (Å²) < 4.78 is 0.862. The van der Waals surface area contributed by atoms with Crippen molar-refractivity contribution in [3.05, 3.63) is 70.3 Å². The second kappa shape index (κ2) is 7.02. The van der Waals surface area contributed by atoms with Gasteiger partial charge >= 0.3 is 0 Å². The van der Waals surface area contributed by atoms with Crippen LogP contribution in [0.15, 0.2) is 59.2 Å². The number of benzene rings is 2. The van der Waals surface area contributed by atoms with E-state index in [1.54, 1.807) is 0 Å². The molecule has 2 aromatic carbocycles. The molecule has 0 atom stereocenters. The van der Waals surface area contributed by atoms with Crippen molar-refractivity contribution in [3.8, 4) is 0 Å². The standard InChI is InChI=1S/C20H20BrN3O/c21-18-7-3-1-6-17(18)20(25)24-11-9-23(10-12-24)14-15-13-22-19-8-4-2-5-16(15)19/h1-8,13,22H,9-12,14H2. The molecule has 0 bridgehead atoms. The minimum absolute atomic E-state index is 0.110. The van der Waals surface area contributed by atoms with Crippen LogP contribution < -0.4 is 0 Å². The molecule has 3 aromatic rings. The molecule has 1 aliphatic rings. The molecule has 128 valence electrons. The van der Waals surface area contributed by atoms with Gasteiger partial charge in [-0.3, -0.25) is 9.69 Å². The van der Waals surface area contributed by atoms with Crippen LogP contribution in [0.5, 0.6) is 0 Å². The van der Waals surface area contributed by atoms with E-state index in [0.717, 1.165) is 42.8 Å². The average molecular weight is 398 g/mol. The fourth-order valence-electron chi connectivity index (χ4n) is 3.42. The molecule has 0 saturated carbocycles. The van der Waals surface area contributed by atoms with Gasteiger partial charge in [-0.05, 0) is 39.7 Å². The van der Waals surface area contributed by atoms with E-state index in [2.05, 4.69) is 56.3 Å². The van der Waals surface area contributed by atoms with Crippen molar-refractivity contribution in [1.82, 2.24) is 14.8 Å². The van der Waals surface area contributed by atoms with Crippen LogP contribution in [-0.2, 0) is 6.54 Å². The van der Waals surface area contributed by atoms with Gasteiger partial charge in [0, 0.05) is 54.3 Å². The van der Waals surface area contributed by atoms with Crippen LogP contribution in [0.2, 0.25) is 0 Å². The Labute approximate surface area is 155 Å². The van der Waals surface area contributed by atoms with Crippen molar-refractivity contribution >= 4 is 32.7 Å². The summed E-state index contributed by atoms with van der Waals surface area (Å²) in [6.45, 7) is 4.25. The maximum atomic E-state index is 12.7. The van der Waals surface area contributed by atoms with E-state index in [4.69, 9.17) is 0 Å². The number of para-hydroxylation sites is 1. The van der Waals surface area contributed by atoms with Crippen LogP contribution in [0.4, 0.5) is 0 Å². The second-order valence-corrected chi connectivity index (χ2v) is 7.26. The number of rotatable bonds is 3. The number of piperazine rings is 1. The van der Waals surface area contributed by atoms with Crippen molar-refractivity contribution in [2.45, 2.75) is 6.54 Å². The first-order valence-electron chi connectivity index (χ1n) is 8.53. The van der Waals surface area contributed by atoms with Crippen molar-refractivity contribution < 1.29 is 4.79 Å². The number of carbonyl (C=O) groups is 1. The quantitative estimate of drug-likeness (QED) is 0.727. The lowest BCUT2D eigenvalue weighted by molar-refractivity contribution is 0.0628. The number of hydrogen-bond donors (Lipinski definition) is 1. The molecule has 1 fully saturated rings. The Kier molecular flexibility index (Phi) is 4.59. The molecule has 25 heavy (non-hydrogen) atoms. The number of aromatic nitrogens is 1. The van der Waals surface area contributed by atoms with Gasteiger partial charge in [-0.25, -0.2) is 0 Å². The van der Waals surface area contributed by atoms with E-state index in [0.29, 0.717) is 0 Å². The van der Waals surface area contributed by atoms with Crippen LogP contribution in [0, 0.1) is 0 Å². The van der Waals surface area contributed by atoms with Gasteiger partial charge in [0.05, 0.1) is 5.56 Å². The van der Waals surface area contributed by atoms with Gasteiger partial charge in [0.1, 0.15) is 0 Å². The maximum Gasteiger partial charge on any atom is 0.255 e. The molecule has 0 unspecified atom stereocenters. The number of amides is 1. The molecule has 0 spiro atoms. The normalized spacial score (nSPS) is 15.6. The third kappa shape index (κ3) is 3.34. The average Bonchev–Trinajstić information content (AvgIpc) is 3.05. The zero-order valence-corrected chi connectivity index (χ0v) is 15.5. The summed E-state index contributed by atoms with van der Waals surface area (Å²) in [7, 11) is 0. The summed E-state index contributed by atoms with van der Waals surface area (Å²) in [5.41, 5.74) is 3.24. The highest BCUT2D eigenvalue weighted by Crippen LogP contribution is 2.21. The fourth-order valence-corrected chi connectivity index (χ4v) is 3.87. The van der Waals surface area contributed by atoms with Crippen LogP contribution >= 0.6 is 15.9 Å². The van der Waals surface area contributed by atoms with Crippen LogP contribution in [0.1, 0.15) is 15.9 Å². The van der Waals surface area contributed by atoms with Gasteiger partial charge in [0.2, 0.25) is 0 Å². The molecule has 4 rings (SSSR count).